The van der Waals surface area contributed by atoms with E-state index in [-0.39, 0.29) is 5.41 Å². The molecule has 3 aliphatic rings. The van der Waals surface area contributed by atoms with Crippen LogP contribution in [0.3, 0.4) is 0 Å². The standard InChI is InChI=1S/C20H20O/c1-3-14-5-9-19-18-7-4-13-12-15(21)6-8-16(13)17(18)10-11-20(14,19)2/h1,4-8,12,17-19,21H,9-11H2,2H3/t17-,18-,19+,20-/m1/s1. The summed E-state index contributed by atoms with van der Waals surface area (Å²) in [5.41, 5.74) is 3.99. The molecule has 3 aliphatic carbocycles. The van der Waals surface area contributed by atoms with Gasteiger partial charge in [-0.15, -0.1) is 6.42 Å². The van der Waals surface area contributed by atoms with E-state index in [1.165, 1.54) is 29.5 Å². The van der Waals surface area contributed by atoms with Crippen LogP contribution < -0.4 is 0 Å². The molecule has 4 atom stereocenters. The number of phenols is 1. The molecular weight excluding hydrogens is 256 g/mol. The fourth-order valence-corrected chi connectivity index (χ4v) is 4.88. The molecule has 1 fully saturated rings. The van der Waals surface area contributed by atoms with E-state index in [4.69, 9.17) is 6.42 Å². The van der Waals surface area contributed by atoms with E-state index in [1.54, 1.807) is 0 Å². The lowest BCUT2D eigenvalue weighted by Gasteiger charge is -2.47. The molecule has 1 N–H and O–H groups in total. The smallest absolute Gasteiger partial charge is 0.116 e. The second-order valence-corrected chi connectivity index (χ2v) is 6.92. The molecule has 0 heterocycles. The van der Waals surface area contributed by atoms with Crippen LogP contribution in [0.5, 0.6) is 5.75 Å². The number of phenolic OH excluding ortho intramolecular Hbond substituents is 1. The van der Waals surface area contributed by atoms with Crippen molar-refractivity contribution in [2.75, 3.05) is 0 Å². The Morgan fingerprint density at radius 3 is 3.05 bits per heavy atom. The predicted octanol–water partition coefficient (Wildman–Crippen LogP) is 4.50. The predicted molar refractivity (Wildman–Crippen MR) is 85.7 cm³/mol. The van der Waals surface area contributed by atoms with Crippen molar-refractivity contribution in [2.24, 2.45) is 17.3 Å². The van der Waals surface area contributed by atoms with Gasteiger partial charge in [0, 0.05) is 11.0 Å². The van der Waals surface area contributed by atoms with Crippen LogP contribution in [-0.2, 0) is 0 Å². The molecule has 0 spiro atoms. The maximum atomic E-state index is 9.68. The quantitative estimate of drug-likeness (QED) is 0.692. The fraction of sp³-hybridized carbons (Fsp3) is 0.400. The summed E-state index contributed by atoms with van der Waals surface area (Å²) in [6.07, 6.45) is 16.0. The van der Waals surface area contributed by atoms with E-state index < -0.39 is 0 Å². The molecule has 1 aromatic rings. The van der Waals surface area contributed by atoms with Crippen LogP contribution in [0, 0.1) is 29.6 Å². The van der Waals surface area contributed by atoms with Gasteiger partial charge in [-0.3, -0.25) is 0 Å². The summed E-state index contributed by atoms with van der Waals surface area (Å²) in [5.74, 6) is 5.06. The summed E-state index contributed by atoms with van der Waals surface area (Å²) in [6, 6.07) is 5.82. The molecule has 0 radical (unpaired) electrons. The summed E-state index contributed by atoms with van der Waals surface area (Å²) in [6.45, 7) is 2.35. The Balaban J connectivity index is 1.75. The Bertz CT molecular complexity index is 703. The molecule has 1 saturated carbocycles. The van der Waals surface area contributed by atoms with E-state index in [1.807, 2.05) is 12.1 Å². The average Bonchev–Trinajstić information content (AvgIpc) is 2.83. The van der Waals surface area contributed by atoms with Crippen molar-refractivity contribution in [2.45, 2.75) is 32.1 Å². The maximum Gasteiger partial charge on any atom is 0.116 e. The molecule has 0 bridgehead atoms. The number of fused-ring (bicyclic) bond motifs is 5. The van der Waals surface area contributed by atoms with Gasteiger partial charge in [-0.2, -0.15) is 0 Å². The van der Waals surface area contributed by atoms with E-state index in [2.05, 4.69) is 37.1 Å². The summed E-state index contributed by atoms with van der Waals surface area (Å²) in [4.78, 5) is 0. The Kier molecular flexibility index (Phi) is 2.60. The number of terminal acetylenes is 1. The number of rotatable bonds is 0. The van der Waals surface area contributed by atoms with Gasteiger partial charge < -0.3 is 5.11 Å². The molecule has 1 aromatic carbocycles. The van der Waals surface area contributed by atoms with Crippen molar-refractivity contribution >= 4 is 6.08 Å². The van der Waals surface area contributed by atoms with Gasteiger partial charge in [-0.25, -0.2) is 0 Å². The molecule has 0 unspecified atom stereocenters. The van der Waals surface area contributed by atoms with Gasteiger partial charge in [0.25, 0.3) is 0 Å². The molecule has 1 heteroatoms. The second kappa shape index (κ2) is 4.28. The third-order valence-electron chi connectivity index (χ3n) is 6.04. The minimum Gasteiger partial charge on any atom is -0.508 e. The van der Waals surface area contributed by atoms with Crippen molar-refractivity contribution in [3.8, 4) is 18.1 Å². The van der Waals surface area contributed by atoms with Gasteiger partial charge in [0.05, 0.1) is 0 Å². The van der Waals surface area contributed by atoms with Crippen LogP contribution in [0.25, 0.3) is 6.08 Å². The second-order valence-electron chi connectivity index (χ2n) is 6.92. The molecule has 0 aliphatic heterocycles. The highest BCUT2D eigenvalue weighted by Gasteiger charge is 2.50. The first-order chi connectivity index (χ1) is 10.1. The van der Waals surface area contributed by atoms with Crippen LogP contribution in [0.1, 0.15) is 43.2 Å². The van der Waals surface area contributed by atoms with Crippen LogP contribution in [-0.4, -0.2) is 5.11 Å². The Hall–Kier alpha value is -1.94. The van der Waals surface area contributed by atoms with Crippen molar-refractivity contribution in [1.82, 2.24) is 0 Å². The number of benzene rings is 1. The maximum absolute atomic E-state index is 9.68. The van der Waals surface area contributed by atoms with E-state index in [0.717, 1.165) is 6.42 Å². The zero-order valence-corrected chi connectivity index (χ0v) is 12.3. The lowest BCUT2D eigenvalue weighted by Crippen LogP contribution is -2.39. The molecular formula is C20H20O. The Morgan fingerprint density at radius 2 is 2.24 bits per heavy atom. The molecule has 0 aromatic heterocycles. The normalized spacial score (nSPS) is 36.2. The first-order valence-electron chi connectivity index (χ1n) is 7.82. The van der Waals surface area contributed by atoms with E-state index in [0.29, 0.717) is 23.5 Å². The SMILES string of the molecule is C#CC1=CC[C@H]2[C@@H]3C=Cc4cc(O)ccc4[C@H]3CC[C@]12C. The van der Waals surface area contributed by atoms with Gasteiger partial charge in [0.2, 0.25) is 0 Å². The van der Waals surface area contributed by atoms with Crippen LogP contribution >= 0.6 is 0 Å². The molecule has 4 rings (SSSR count). The highest BCUT2D eigenvalue weighted by Crippen LogP contribution is 2.60. The van der Waals surface area contributed by atoms with E-state index in [9.17, 15) is 5.11 Å². The zero-order valence-electron chi connectivity index (χ0n) is 12.3. The number of aromatic hydroxyl groups is 1. The number of allylic oxidation sites excluding steroid dienone is 3. The topological polar surface area (TPSA) is 20.2 Å². The highest BCUT2D eigenvalue weighted by atomic mass is 16.3. The molecule has 21 heavy (non-hydrogen) atoms. The van der Waals surface area contributed by atoms with Crippen molar-refractivity contribution in [1.29, 1.82) is 0 Å². The third-order valence-corrected chi connectivity index (χ3v) is 6.04. The molecule has 0 amide bonds. The van der Waals surface area contributed by atoms with Gasteiger partial charge in [-0.05, 0) is 60.3 Å². The monoisotopic (exact) mass is 276 g/mol. The first-order valence-corrected chi connectivity index (χ1v) is 7.82. The Labute approximate surface area is 126 Å². The number of hydrogen-bond donors (Lipinski definition) is 1. The summed E-state index contributed by atoms with van der Waals surface area (Å²) in [5, 5.41) is 9.68. The van der Waals surface area contributed by atoms with Crippen molar-refractivity contribution in [3.05, 3.63) is 47.1 Å². The first kappa shape index (κ1) is 12.8. The largest absolute Gasteiger partial charge is 0.508 e. The highest BCUT2D eigenvalue weighted by molar-refractivity contribution is 5.61. The minimum atomic E-state index is 0.189. The third kappa shape index (κ3) is 1.65. The van der Waals surface area contributed by atoms with E-state index >= 15 is 0 Å². The molecule has 106 valence electrons. The fourth-order valence-electron chi connectivity index (χ4n) is 4.88. The lowest BCUT2D eigenvalue weighted by molar-refractivity contribution is 0.117. The van der Waals surface area contributed by atoms with Crippen LogP contribution in [0.15, 0.2) is 35.9 Å². The summed E-state index contributed by atoms with van der Waals surface area (Å²) >= 11 is 0. The van der Waals surface area contributed by atoms with Crippen molar-refractivity contribution < 1.29 is 5.11 Å². The van der Waals surface area contributed by atoms with Gasteiger partial charge in [0.1, 0.15) is 5.75 Å². The number of hydrogen-bond acceptors (Lipinski definition) is 1. The van der Waals surface area contributed by atoms with Gasteiger partial charge in [-0.1, -0.05) is 37.1 Å². The van der Waals surface area contributed by atoms with Gasteiger partial charge in [0.15, 0.2) is 0 Å². The van der Waals surface area contributed by atoms with Crippen LogP contribution in [0.4, 0.5) is 0 Å². The molecule has 1 nitrogen and oxygen atoms in total. The summed E-state index contributed by atoms with van der Waals surface area (Å²) in [7, 11) is 0. The Morgan fingerprint density at radius 1 is 1.38 bits per heavy atom. The molecule has 0 saturated heterocycles. The lowest BCUT2D eigenvalue weighted by atomic mass is 9.56. The zero-order chi connectivity index (χ0) is 14.6. The van der Waals surface area contributed by atoms with Crippen LogP contribution in [0.2, 0.25) is 0 Å². The summed E-state index contributed by atoms with van der Waals surface area (Å²) < 4.78 is 0. The average molecular weight is 276 g/mol. The van der Waals surface area contributed by atoms with Crippen molar-refractivity contribution in [3.63, 3.8) is 0 Å². The minimum absolute atomic E-state index is 0.189. The van der Waals surface area contributed by atoms with Gasteiger partial charge >= 0.3 is 0 Å².